The quantitative estimate of drug-likeness (QED) is 0.481. The zero-order valence-corrected chi connectivity index (χ0v) is 18.7. The van der Waals surface area contributed by atoms with E-state index in [0.29, 0.717) is 18.7 Å². The molecule has 2 aliphatic heterocycles. The van der Waals surface area contributed by atoms with Crippen LogP contribution in [-0.4, -0.2) is 39.7 Å². The highest BCUT2D eigenvalue weighted by molar-refractivity contribution is 6.05. The number of aromatic hydroxyl groups is 2. The first-order valence-electron chi connectivity index (χ1n) is 10.7. The molecule has 0 amide bonds. The highest BCUT2D eigenvalue weighted by Gasteiger charge is 2.52. The van der Waals surface area contributed by atoms with Gasteiger partial charge in [-0.2, -0.15) is 0 Å². The first-order valence-corrected chi connectivity index (χ1v) is 10.7. The van der Waals surface area contributed by atoms with E-state index in [-0.39, 0.29) is 17.4 Å². The van der Waals surface area contributed by atoms with Crippen molar-refractivity contribution >= 4 is 5.71 Å². The van der Waals surface area contributed by atoms with Crippen molar-refractivity contribution in [2.45, 2.75) is 38.3 Å². The molecule has 2 N–H and O–H groups in total. The van der Waals surface area contributed by atoms with Crippen molar-refractivity contribution in [3.05, 3.63) is 76.6 Å². The van der Waals surface area contributed by atoms with Gasteiger partial charge in [-0.15, -0.1) is 0 Å². The Kier molecular flexibility index (Phi) is 4.62. The minimum Gasteiger partial charge on any atom is -0.504 e. The Hall–Kier alpha value is -3.54. The highest BCUT2D eigenvalue weighted by Crippen LogP contribution is 2.51. The Morgan fingerprint density at radius 1 is 1.06 bits per heavy atom. The van der Waals surface area contributed by atoms with Crippen molar-refractivity contribution in [1.82, 2.24) is 4.98 Å². The molecule has 2 aliphatic rings. The number of phenolic OH excluding ortho intramolecular Hbond substituents is 2. The van der Waals surface area contributed by atoms with Crippen LogP contribution in [0.1, 0.15) is 47.7 Å². The van der Waals surface area contributed by atoms with Crippen molar-refractivity contribution in [3.8, 4) is 23.0 Å². The molecule has 164 valence electrons. The van der Waals surface area contributed by atoms with Crippen molar-refractivity contribution in [3.63, 3.8) is 0 Å². The maximum atomic E-state index is 10.3. The average molecular weight is 432 g/mol. The maximum Gasteiger partial charge on any atom is 0.192 e. The first kappa shape index (κ1) is 20.4. The molecule has 3 heterocycles. The zero-order chi connectivity index (χ0) is 22.6. The van der Waals surface area contributed by atoms with E-state index < -0.39 is 5.54 Å². The number of phenols is 2. The lowest BCUT2D eigenvalue weighted by Gasteiger charge is -2.35. The molecule has 32 heavy (non-hydrogen) atoms. The van der Waals surface area contributed by atoms with Crippen LogP contribution >= 0.6 is 0 Å². The number of methoxy groups -OCH3 is 2. The van der Waals surface area contributed by atoms with E-state index in [9.17, 15) is 10.2 Å². The standard InChI is InChI=1S/C26H26N2O4/c1-26(2)23-17(8-9-22(31-3)25(23)32-4)19(12-16-7-5-6-10-27-16)24-18-13-21(30)20(29)11-15(18)14-28(24)26/h5-11,13,19,30H,12,14H2,1-4H3/p+1. The second kappa shape index (κ2) is 7.26. The molecule has 6 heteroatoms. The molecule has 1 atom stereocenters. The van der Waals surface area contributed by atoms with Crippen LogP contribution in [0.2, 0.25) is 0 Å². The van der Waals surface area contributed by atoms with Crippen LogP contribution in [0.15, 0.2) is 48.7 Å². The Bertz CT molecular complexity index is 1250. The van der Waals surface area contributed by atoms with Crippen LogP contribution in [0.4, 0.5) is 0 Å². The number of rotatable bonds is 4. The van der Waals surface area contributed by atoms with Gasteiger partial charge in [0.1, 0.15) is 0 Å². The molecule has 0 spiro atoms. The van der Waals surface area contributed by atoms with E-state index in [2.05, 4.69) is 29.5 Å². The van der Waals surface area contributed by atoms with Crippen LogP contribution in [-0.2, 0) is 18.5 Å². The molecule has 0 bridgehead atoms. The zero-order valence-electron chi connectivity index (χ0n) is 18.7. The Morgan fingerprint density at radius 2 is 1.84 bits per heavy atom. The van der Waals surface area contributed by atoms with E-state index in [4.69, 9.17) is 9.47 Å². The fraction of sp³-hybridized carbons (Fsp3) is 0.308. The van der Waals surface area contributed by atoms with Crippen LogP contribution in [0.25, 0.3) is 0 Å². The van der Waals surface area contributed by atoms with E-state index >= 15 is 0 Å². The molecule has 0 saturated heterocycles. The number of hydrogen-bond acceptors (Lipinski definition) is 5. The topological polar surface area (TPSA) is 74.8 Å². The van der Waals surface area contributed by atoms with Gasteiger partial charge in [-0.25, -0.2) is 4.58 Å². The monoisotopic (exact) mass is 431 g/mol. The summed E-state index contributed by atoms with van der Waals surface area (Å²) in [5.41, 5.74) is 5.92. The molecule has 3 aromatic rings. The molecule has 0 aliphatic carbocycles. The number of benzene rings is 2. The number of fused-ring (bicyclic) bond motifs is 3. The van der Waals surface area contributed by atoms with E-state index in [1.54, 1.807) is 26.4 Å². The number of hydrogen-bond donors (Lipinski definition) is 2. The summed E-state index contributed by atoms with van der Waals surface area (Å²) in [6.07, 6.45) is 2.51. The van der Waals surface area contributed by atoms with Gasteiger partial charge in [0.2, 0.25) is 0 Å². The van der Waals surface area contributed by atoms with Crippen LogP contribution in [0.5, 0.6) is 23.0 Å². The molecule has 6 nitrogen and oxygen atoms in total. The minimum absolute atomic E-state index is 0.00192. The smallest absolute Gasteiger partial charge is 0.192 e. The average Bonchev–Trinajstić information content (AvgIpc) is 3.16. The fourth-order valence-corrected chi connectivity index (χ4v) is 5.35. The third-order valence-corrected chi connectivity index (χ3v) is 6.80. The summed E-state index contributed by atoms with van der Waals surface area (Å²) in [4.78, 5) is 4.58. The number of aromatic nitrogens is 1. The van der Waals surface area contributed by atoms with Crippen molar-refractivity contribution in [2.75, 3.05) is 14.2 Å². The molecular weight excluding hydrogens is 404 g/mol. The third-order valence-electron chi connectivity index (χ3n) is 6.80. The lowest BCUT2D eigenvalue weighted by atomic mass is 9.75. The van der Waals surface area contributed by atoms with Gasteiger partial charge in [0.15, 0.2) is 40.8 Å². The van der Waals surface area contributed by atoms with Gasteiger partial charge >= 0.3 is 0 Å². The molecule has 0 fully saturated rings. The Morgan fingerprint density at radius 3 is 2.53 bits per heavy atom. The summed E-state index contributed by atoms with van der Waals surface area (Å²) in [5.74, 6) is 1.23. The molecule has 0 radical (unpaired) electrons. The van der Waals surface area contributed by atoms with Crippen molar-refractivity contribution in [1.29, 1.82) is 0 Å². The summed E-state index contributed by atoms with van der Waals surface area (Å²) >= 11 is 0. The van der Waals surface area contributed by atoms with Gasteiger partial charge in [0.05, 0.1) is 31.3 Å². The van der Waals surface area contributed by atoms with Gasteiger partial charge in [0, 0.05) is 37.7 Å². The van der Waals surface area contributed by atoms with Gasteiger partial charge in [0.25, 0.3) is 0 Å². The highest BCUT2D eigenvalue weighted by atomic mass is 16.5. The number of ether oxygens (including phenoxy) is 2. The van der Waals surface area contributed by atoms with Crippen LogP contribution in [0.3, 0.4) is 0 Å². The predicted octanol–water partition coefficient (Wildman–Crippen LogP) is 4.10. The summed E-state index contributed by atoms with van der Waals surface area (Å²) < 4.78 is 13.9. The minimum atomic E-state index is -0.407. The van der Waals surface area contributed by atoms with Crippen molar-refractivity contribution in [2.24, 2.45) is 0 Å². The fourth-order valence-electron chi connectivity index (χ4n) is 5.35. The molecular formula is C26H27N2O4+. The van der Waals surface area contributed by atoms with E-state index in [1.165, 1.54) is 0 Å². The Labute approximate surface area is 187 Å². The van der Waals surface area contributed by atoms with Gasteiger partial charge < -0.3 is 19.7 Å². The summed E-state index contributed by atoms with van der Waals surface area (Å²) in [5, 5.41) is 20.4. The second-order valence-electron chi connectivity index (χ2n) is 8.87. The van der Waals surface area contributed by atoms with Gasteiger partial charge in [-0.05, 0) is 35.9 Å². The number of nitrogens with zero attached hydrogens (tertiary/aromatic N) is 2. The summed E-state index contributed by atoms with van der Waals surface area (Å²) in [7, 11) is 3.33. The van der Waals surface area contributed by atoms with Crippen LogP contribution in [0, 0.1) is 0 Å². The SMILES string of the molecule is COc1ccc2c(c1OC)C(C)(C)[N+]1=C(c3cc(O)c(O)cc3C1)C2Cc1ccccn1. The largest absolute Gasteiger partial charge is 0.504 e. The molecule has 0 saturated carbocycles. The first-order chi connectivity index (χ1) is 15.4. The lowest BCUT2D eigenvalue weighted by molar-refractivity contribution is -0.623. The molecule has 5 rings (SSSR count). The molecule has 2 aromatic carbocycles. The van der Waals surface area contributed by atoms with Crippen molar-refractivity contribution < 1.29 is 24.3 Å². The summed E-state index contributed by atoms with van der Waals surface area (Å²) in [6, 6.07) is 13.4. The third kappa shape index (κ3) is 2.86. The van der Waals surface area contributed by atoms with E-state index in [1.807, 2.05) is 30.5 Å². The number of pyridine rings is 1. The Balaban J connectivity index is 1.79. The molecule has 1 aromatic heterocycles. The second-order valence-corrected chi connectivity index (χ2v) is 8.87. The van der Waals surface area contributed by atoms with E-state index in [0.717, 1.165) is 39.4 Å². The van der Waals surface area contributed by atoms with Gasteiger partial charge in [-0.1, -0.05) is 12.1 Å². The van der Waals surface area contributed by atoms with Gasteiger partial charge in [-0.3, -0.25) is 4.98 Å². The lowest BCUT2D eigenvalue weighted by Crippen LogP contribution is -2.43. The summed E-state index contributed by atoms with van der Waals surface area (Å²) in [6.45, 7) is 4.98. The predicted molar refractivity (Wildman–Crippen MR) is 121 cm³/mol. The van der Waals surface area contributed by atoms with Crippen LogP contribution < -0.4 is 9.47 Å². The molecule has 1 unspecified atom stereocenters. The normalized spacial score (nSPS) is 18.1. The maximum absolute atomic E-state index is 10.3.